The molecule has 1 saturated heterocycles. The van der Waals surface area contributed by atoms with Gasteiger partial charge in [0.25, 0.3) is 0 Å². The quantitative estimate of drug-likeness (QED) is 0.682. The van der Waals surface area contributed by atoms with Crippen molar-refractivity contribution >= 4 is 5.91 Å². The highest BCUT2D eigenvalue weighted by atomic mass is 16.5. The van der Waals surface area contributed by atoms with Crippen molar-refractivity contribution in [3.8, 4) is 5.75 Å². The summed E-state index contributed by atoms with van der Waals surface area (Å²) in [5.74, 6) is 1.61. The average molecular weight is 319 g/mol. The normalized spacial score (nSPS) is 20.7. The Morgan fingerprint density at radius 1 is 1.35 bits per heavy atom. The van der Waals surface area contributed by atoms with Crippen LogP contribution in [0.1, 0.15) is 32.3 Å². The molecule has 1 aromatic carbocycles. The minimum Gasteiger partial charge on any atom is -0.497 e. The van der Waals surface area contributed by atoms with Crippen LogP contribution in [-0.4, -0.2) is 38.2 Å². The molecule has 2 atom stereocenters. The van der Waals surface area contributed by atoms with Gasteiger partial charge in [-0.3, -0.25) is 4.79 Å². The minimum absolute atomic E-state index is 0.0736. The van der Waals surface area contributed by atoms with Crippen LogP contribution in [0.5, 0.6) is 5.75 Å². The molecule has 0 bridgehead atoms. The Hall–Kier alpha value is -1.59. The Balaban J connectivity index is 1.69. The number of rotatable bonds is 8. The van der Waals surface area contributed by atoms with Crippen LogP contribution in [0.15, 0.2) is 24.3 Å². The topological polar surface area (TPSA) is 62.4 Å². The molecule has 1 aliphatic rings. The maximum atomic E-state index is 12.1. The molecule has 3 N–H and O–H groups in total. The highest BCUT2D eigenvalue weighted by Gasteiger charge is 2.28. The van der Waals surface area contributed by atoms with Gasteiger partial charge in [-0.25, -0.2) is 0 Å². The molecule has 1 aliphatic heterocycles. The predicted octanol–water partition coefficient (Wildman–Crippen LogP) is 1.68. The standard InChI is InChI=1S/C18H29N3O2/c1-13(2)8-9-19-18(22)17-10-15(12-21-17)20-11-14-4-6-16(23-3)7-5-14/h4-7,13,15,17,20-21H,8-12H2,1-3H3,(H,19,22). The molecule has 0 aliphatic carbocycles. The van der Waals surface area contributed by atoms with Crippen LogP contribution in [-0.2, 0) is 11.3 Å². The SMILES string of the molecule is COc1ccc(CNC2CNC(C(=O)NCCC(C)C)C2)cc1. The van der Waals surface area contributed by atoms with Crippen LogP contribution in [0.3, 0.4) is 0 Å². The number of hydrogen-bond donors (Lipinski definition) is 3. The van der Waals surface area contributed by atoms with Crippen molar-refractivity contribution in [1.29, 1.82) is 0 Å². The molecule has 0 spiro atoms. The average Bonchev–Trinajstić information content (AvgIpc) is 3.02. The molecule has 0 saturated carbocycles. The lowest BCUT2D eigenvalue weighted by Gasteiger charge is -2.13. The molecular weight excluding hydrogens is 290 g/mol. The molecular formula is C18H29N3O2. The van der Waals surface area contributed by atoms with Crippen LogP contribution >= 0.6 is 0 Å². The van der Waals surface area contributed by atoms with Crippen LogP contribution in [0.2, 0.25) is 0 Å². The lowest BCUT2D eigenvalue weighted by atomic mass is 10.1. The summed E-state index contributed by atoms with van der Waals surface area (Å²) in [5, 5.41) is 9.84. The van der Waals surface area contributed by atoms with Gasteiger partial charge in [-0.05, 0) is 36.5 Å². The Kier molecular flexibility index (Phi) is 6.86. The molecule has 23 heavy (non-hydrogen) atoms. The molecule has 1 amide bonds. The molecule has 0 radical (unpaired) electrons. The third-order valence-electron chi connectivity index (χ3n) is 4.22. The van der Waals surface area contributed by atoms with Crippen molar-refractivity contribution < 1.29 is 9.53 Å². The smallest absolute Gasteiger partial charge is 0.237 e. The number of methoxy groups -OCH3 is 1. The fourth-order valence-corrected chi connectivity index (χ4v) is 2.70. The fraction of sp³-hybridized carbons (Fsp3) is 0.611. The summed E-state index contributed by atoms with van der Waals surface area (Å²) >= 11 is 0. The Morgan fingerprint density at radius 2 is 2.09 bits per heavy atom. The molecule has 1 heterocycles. The van der Waals surface area contributed by atoms with Gasteiger partial charge in [0.05, 0.1) is 13.2 Å². The van der Waals surface area contributed by atoms with Crippen molar-refractivity contribution in [2.45, 2.75) is 45.3 Å². The first kappa shape index (κ1) is 17.8. The van der Waals surface area contributed by atoms with Crippen molar-refractivity contribution in [3.63, 3.8) is 0 Å². The van der Waals surface area contributed by atoms with Gasteiger partial charge in [-0.15, -0.1) is 0 Å². The third kappa shape index (κ3) is 5.84. The molecule has 2 rings (SSSR count). The zero-order valence-corrected chi connectivity index (χ0v) is 14.4. The van der Waals surface area contributed by atoms with Gasteiger partial charge < -0.3 is 20.7 Å². The lowest BCUT2D eigenvalue weighted by Crippen LogP contribution is -2.40. The van der Waals surface area contributed by atoms with Gasteiger partial charge in [-0.2, -0.15) is 0 Å². The molecule has 1 aromatic rings. The largest absolute Gasteiger partial charge is 0.497 e. The number of carbonyl (C=O) groups excluding carboxylic acids is 1. The second kappa shape index (κ2) is 8.89. The first-order chi connectivity index (χ1) is 11.1. The number of amides is 1. The van der Waals surface area contributed by atoms with Gasteiger partial charge >= 0.3 is 0 Å². The highest BCUT2D eigenvalue weighted by Crippen LogP contribution is 2.12. The van der Waals surface area contributed by atoms with Crippen molar-refractivity contribution in [2.24, 2.45) is 5.92 Å². The lowest BCUT2D eigenvalue weighted by molar-refractivity contribution is -0.122. The van der Waals surface area contributed by atoms with E-state index in [1.54, 1.807) is 7.11 Å². The molecule has 128 valence electrons. The molecule has 5 nitrogen and oxygen atoms in total. The summed E-state index contributed by atoms with van der Waals surface area (Å²) in [6, 6.07) is 8.31. The first-order valence-electron chi connectivity index (χ1n) is 8.46. The number of carbonyl (C=O) groups is 1. The van der Waals surface area contributed by atoms with E-state index in [0.29, 0.717) is 12.0 Å². The number of ether oxygens (including phenoxy) is 1. The second-order valence-electron chi connectivity index (χ2n) is 6.60. The Morgan fingerprint density at radius 3 is 2.74 bits per heavy atom. The van der Waals surface area contributed by atoms with Crippen molar-refractivity contribution in [3.05, 3.63) is 29.8 Å². The fourth-order valence-electron chi connectivity index (χ4n) is 2.70. The predicted molar refractivity (Wildman–Crippen MR) is 92.5 cm³/mol. The summed E-state index contributed by atoms with van der Waals surface area (Å²) in [7, 11) is 1.67. The molecule has 2 unspecified atom stereocenters. The maximum absolute atomic E-state index is 12.1. The van der Waals surface area contributed by atoms with E-state index in [1.165, 1.54) is 5.56 Å². The molecule has 5 heteroatoms. The van der Waals surface area contributed by atoms with Crippen LogP contribution in [0.4, 0.5) is 0 Å². The summed E-state index contributed by atoms with van der Waals surface area (Å²) in [6.07, 6.45) is 1.86. The summed E-state index contributed by atoms with van der Waals surface area (Å²) in [4.78, 5) is 12.1. The minimum atomic E-state index is -0.0736. The Labute approximate surface area is 139 Å². The van der Waals surface area contributed by atoms with Gasteiger partial charge in [-0.1, -0.05) is 26.0 Å². The van der Waals surface area contributed by atoms with E-state index in [4.69, 9.17) is 4.74 Å². The van der Waals surface area contributed by atoms with Crippen molar-refractivity contribution in [1.82, 2.24) is 16.0 Å². The van der Waals surface area contributed by atoms with Gasteiger partial charge in [0, 0.05) is 25.7 Å². The summed E-state index contributed by atoms with van der Waals surface area (Å²) in [6.45, 7) is 6.73. The Bertz CT molecular complexity index is 488. The van der Waals surface area contributed by atoms with E-state index >= 15 is 0 Å². The second-order valence-corrected chi connectivity index (χ2v) is 6.60. The first-order valence-corrected chi connectivity index (χ1v) is 8.46. The number of benzene rings is 1. The summed E-state index contributed by atoms with van der Waals surface area (Å²) in [5.41, 5.74) is 1.22. The van der Waals surface area contributed by atoms with Gasteiger partial charge in [0.2, 0.25) is 5.91 Å². The number of nitrogens with one attached hydrogen (secondary N) is 3. The molecule has 1 fully saturated rings. The van der Waals surface area contributed by atoms with E-state index < -0.39 is 0 Å². The van der Waals surface area contributed by atoms with E-state index in [0.717, 1.165) is 38.2 Å². The van der Waals surface area contributed by atoms with E-state index in [9.17, 15) is 4.79 Å². The monoisotopic (exact) mass is 319 g/mol. The van der Waals surface area contributed by atoms with Gasteiger partial charge in [0.1, 0.15) is 5.75 Å². The van der Waals surface area contributed by atoms with E-state index in [2.05, 4.69) is 41.9 Å². The van der Waals surface area contributed by atoms with Crippen LogP contribution < -0.4 is 20.7 Å². The van der Waals surface area contributed by atoms with E-state index in [1.807, 2.05) is 12.1 Å². The highest BCUT2D eigenvalue weighted by molar-refractivity contribution is 5.82. The molecule has 0 aromatic heterocycles. The number of hydrogen-bond acceptors (Lipinski definition) is 4. The van der Waals surface area contributed by atoms with Gasteiger partial charge in [0.15, 0.2) is 0 Å². The van der Waals surface area contributed by atoms with Crippen molar-refractivity contribution in [2.75, 3.05) is 20.2 Å². The summed E-state index contributed by atoms with van der Waals surface area (Å²) < 4.78 is 5.16. The van der Waals surface area contributed by atoms with E-state index in [-0.39, 0.29) is 11.9 Å². The zero-order valence-electron chi connectivity index (χ0n) is 14.4. The van der Waals surface area contributed by atoms with Crippen LogP contribution in [0.25, 0.3) is 0 Å². The van der Waals surface area contributed by atoms with Crippen LogP contribution in [0, 0.1) is 5.92 Å². The zero-order chi connectivity index (χ0) is 16.7. The third-order valence-corrected chi connectivity index (χ3v) is 4.22. The maximum Gasteiger partial charge on any atom is 0.237 e.